The normalized spacial score (nSPS) is 22.8. The molecule has 0 aliphatic carbocycles. The van der Waals surface area contributed by atoms with Crippen LogP contribution in [0.2, 0.25) is 5.02 Å². The minimum absolute atomic E-state index is 0.0537. The summed E-state index contributed by atoms with van der Waals surface area (Å²) < 4.78 is 44.8. The topological polar surface area (TPSA) is 65.3 Å². The molecule has 2 aliphatic rings. The smallest absolute Gasteiger partial charge is 0.249 e. The number of amidine groups is 1. The minimum atomic E-state index is -3.98. The monoisotopic (exact) mass is 476 g/mol. The Morgan fingerprint density at radius 1 is 1.16 bits per heavy atom. The molecule has 32 heavy (non-hydrogen) atoms. The van der Waals surface area contributed by atoms with Crippen LogP contribution in [-0.4, -0.2) is 55.1 Å². The lowest BCUT2D eigenvalue weighted by Crippen LogP contribution is -2.40. The van der Waals surface area contributed by atoms with Gasteiger partial charge in [0.15, 0.2) is 0 Å². The fourth-order valence-corrected chi connectivity index (χ4v) is 5.52. The van der Waals surface area contributed by atoms with Crippen molar-refractivity contribution in [3.8, 4) is 0 Å². The molecular formula is C23H26ClFN4O2S. The van der Waals surface area contributed by atoms with E-state index in [-0.39, 0.29) is 19.0 Å². The fraction of sp³-hybridized carbons (Fsp3) is 0.391. The van der Waals surface area contributed by atoms with E-state index in [1.165, 1.54) is 0 Å². The molecule has 0 bridgehead atoms. The second kappa shape index (κ2) is 9.68. The van der Waals surface area contributed by atoms with Crippen LogP contribution in [0.4, 0.5) is 4.39 Å². The highest BCUT2D eigenvalue weighted by Gasteiger charge is 2.33. The molecule has 0 N–H and O–H groups in total. The van der Waals surface area contributed by atoms with Gasteiger partial charge in [-0.25, -0.2) is 9.40 Å². The number of benzene rings is 2. The van der Waals surface area contributed by atoms with Gasteiger partial charge in [-0.15, -0.1) is 4.40 Å². The van der Waals surface area contributed by atoms with E-state index in [2.05, 4.69) is 4.40 Å². The number of alkyl halides is 1. The van der Waals surface area contributed by atoms with Gasteiger partial charge in [0, 0.05) is 30.5 Å². The van der Waals surface area contributed by atoms with Gasteiger partial charge in [0.25, 0.3) is 0 Å². The molecule has 2 aromatic carbocycles. The highest BCUT2D eigenvalue weighted by atomic mass is 35.5. The summed E-state index contributed by atoms with van der Waals surface area (Å²) in [6.07, 6.45) is 0.111. The Balaban J connectivity index is 1.68. The highest BCUT2D eigenvalue weighted by molar-refractivity contribution is 7.87. The van der Waals surface area contributed by atoms with Gasteiger partial charge in [-0.1, -0.05) is 61.0 Å². The van der Waals surface area contributed by atoms with Crippen LogP contribution in [0.15, 0.2) is 64.1 Å². The molecule has 2 atom stereocenters. The summed E-state index contributed by atoms with van der Waals surface area (Å²) in [6, 6.07) is 17.4. The zero-order chi connectivity index (χ0) is 22.7. The van der Waals surface area contributed by atoms with Crippen LogP contribution in [0.1, 0.15) is 43.2 Å². The predicted octanol–water partition coefficient (Wildman–Crippen LogP) is 4.63. The van der Waals surface area contributed by atoms with E-state index >= 15 is 0 Å². The van der Waals surface area contributed by atoms with Gasteiger partial charge in [0.1, 0.15) is 12.0 Å². The SMILES string of the molecule is CC/C(=N/S(=O)(=O)N1CCCC(F)C1)N1CC(c2ccccc2)C(c2ccc(Cl)cc2)=N1. The van der Waals surface area contributed by atoms with Crippen molar-refractivity contribution in [1.82, 2.24) is 9.31 Å². The van der Waals surface area contributed by atoms with E-state index in [0.29, 0.717) is 36.7 Å². The number of halogens is 2. The van der Waals surface area contributed by atoms with Crippen LogP contribution in [0.25, 0.3) is 0 Å². The molecule has 2 aliphatic heterocycles. The van der Waals surface area contributed by atoms with Gasteiger partial charge in [-0.3, -0.25) is 0 Å². The quantitative estimate of drug-likeness (QED) is 0.466. The van der Waals surface area contributed by atoms with Crippen molar-refractivity contribution in [2.45, 2.75) is 38.3 Å². The molecule has 0 spiro atoms. The molecule has 1 fully saturated rings. The first kappa shape index (κ1) is 22.9. The fourth-order valence-electron chi connectivity index (χ4n) is 4.08. The molecule has 4 rings (SSSR count). The van der Waals surface area contributed by atoms with E-state index in [4.69, 9.17) is 16.7 Å². The van der Waals surface area contributed by atoms with Gasteiger partial charge < -0.3 is 0 Å². The van der Waals surface area contributed by atoms with Crippen molar-refractivity contribution in [2.24, 2.45) is 9.50 Å². The average molecular weight is 477 g/mol. The van der Waals surface area contributed by atoms with Crippen LogP contribution in [0, 0.1) is 0 Å². The molecule has 170 valence electrons. The molecule has 0 radical (unpaired) electrons. The van der Waals surface area contributed by atoms with Crippen LogP contribution < -0.4 is 0 Å². The molecule has 6 nitrogen and oxygen atoms in total. The van der Waals surface area contributed by atoms with E-state index in [9.17, 15) is 12.8 Å². The lowest BCUT2D eigenvalue weighted by molar-refractivity contribution is 0.203. The highest BCUT2D eigenvalue weighted by Crippen LogP contribution is 2.30. The zero-order valence-corrected chi connectivity index (χ0v) is 19.4. The summed E-state index contributed by atoms with van der Waals surface area (Å²) in [4.78, 5) is 0. The van der Waals surface area contributed by atoms with Gasteiger partial charge in [-0.05, 0) is 36.1 Å². The number of nitrogens with zero attached hydrogens (tertiary/aromatic N) is 4. The van der Waals surface area contributed by atoms with Crippen LogP contribution in [0.3, 0.4) is 0 Å². The van der Waals surface area contributed by atoms with Gasteiger partial charge in [0.05, 0.1) is 12.3 Å². The second-order valence-corrected chi connectivity index (χ2v) is 10.0. The minimum Gasteiger partial charge on any atom is -0.249 e. The maximum absolute atomic E-state index is 13.8. The first-order valence-corrected chi connectivity index (χ1v) is 12.5. The summed E-state index contributed by atoms with van der Waals surface area (Å²) in [5.74, 6) is 0.290. The Bertz CT molecular complexity index is 1110. The average Bonchev–Trinajstić information content (AvgIpc) is 3.24. The first-order chi connectivity index (χ1) is 15.4. The van der Waals surface area contributed by atoms with Crippen LogP contribution >= 0.6 is 11.6 Å². The third kappa shape index (κ3) is 5.03. The summed E-state index contributed by atoms with van der Waals surface area (Å²) >= 11 is 6.06. The number of hydrazone groups is 1. The molecule has 0 amide bonds. The van der Waals surface area contributed by atoms with Crippen LogP contribution in [-0.2, 0) is 10.2 Å². The predicted molar refractivity (Wildman–Crippen MR) is 126 cm³/mol. The van der Waals surface area contributed by atoms with Gasteiger partial charge in [0.2, 0.25) is 0 Å². The Morgan fingerprint density at radius 2 is 1.88 bits per heavy atom. The molecule has 2 unspecified atom stereocenters. The van der Waals surface area contributed by atoms with Crippen molar-refractivity contribution < 1.29 is 12.8 Å². The van der Waals surface area contributed by atoms with Gasteiger partial charge >= 0.3 is 10.2 Å². The third-order valence-corrected chi connectivity index (χ3v) is 7.42. The molecule has 9 heteroatoms. The number of rotatable bonds is 5. The maximum Gasteiger partial charge on any atom is 0.324 e. The maximum atomic E-state index is 13.8. The van der Waals surface area contributed by atoms with Crippen molar-refractivity contribution in [3.63, 3.8) is 0 Å². The third-order valence-electron chi connectivity index (χ3n) is 5.74. The second-order valence-electron chi connectivity index (χ2n) is 7.97. The molecule has 2 aromatic rings. The van der Waals surface area contributed by atoms with Crippen LogP contribution in [0.5, 0.6) is 0 Å². The first-order valence-electron chi connectivity index (χ1n) is 10.8. The molecule has 0 aromatic heterocycles. The zero-order valence-electron chi connectivity index (χ0n) is 17.9. The molecule has 0 saturated carbocycles. The lowest BCUT2D eigenvalue weighted by Gasteiger charge is -2.27. The van der Waals surface area contributed by atoms with Gasteiger partial charge in [-0.2, -0.15) is 17.8 Å². The summed E-state index contributed by atoms with van der Waals surface area (Å²) in [5, 5.41) is 7.08. The number of hydrogen-bond acceptors (Lipinski definition) is 3. The van der Waals surface area contributed by atoms with E-state index in [0.717, 1.165) is 21.1 Å². The lowest BCUT2D eigenvalue weighted by atomic mass is 9.91. The number of piperidine rings is 1. The molecule has 2 heterocycles. The Morgan fingerprint density at radius 3 is 2.53 bits per heavy atom. The Labute approximate surface area is 193 Å². The summed E-state index contributed by atoms with van der Waals surface area (Å²) in [6.45, 7) is 2.45. The Kier molecular flexibility index (Phi) is 6.93. The van der Waals surface area contributed by atoms with E-state index < -0.39 is 16.4 Å². The standard InChI is InChI=1S/C23H26ClFN4O2S/c1-2-22(27-32(30,31)28-14-6-9-20(25)15-28)29-16-21(17-7-4-3-5-8-17)23(26-29)18-10-12-19(24)13-11-18/h3-5,7-8,10-13,20-21H,2,6,9,14-16H2,1H3/b27-22-. The summed E-state index contributed by atoms with van der Waals surface area (Å²) in [5.41, 5.74) is 2.83. The van der Waals surface area contributed by atoms with Crippen molar-refractivity contribution in [3.05, 3.63) is 70.7 Å². The molecular weight excluding hydrogens is 451 g/mol. The molecule has 1 saturated heterocycles. The number of hydrogen-bond donors (Lipinski definition) is 0. The van der Waals surface area contributed by atoms with Crippen molar-refractivity contribution in [2.75, 3.05) is 19.6 Å². The van der Waals surface area contributed by atoms with Crippen molar-refractivity contribution >= 4 is 33.4 Å². The Hall–Kier alpha value is -2.29. The largest absolute Gasteiger partial charge is 0.324 e. The van der Waals surface area contributed by atoms with E-state index in [1.54, 1.807) is 5.01 Å². The summed E-state index contributed by atoms with van der Waals surface area (Å²) in [7, 11) is -3.98. The van der Waals surface area contributed by atoms with Crippen molar-refractivity contribution in [1.29, 1.82) is 0 Å². The van der Waals surface area contributed by atoms with E-state index in [1.807, 2.05) is 61.5 Å².